The first kappa shape index (κ1) is 11.8. The van der Waals surface area contributed by atoms with Crippen LogP contribution in [0.15, 0.2) is 24.3 Å². The summed E-state index contributed by atoms with van der Waals surface area (Å²) in [5, 5.41) is 3.38. The van der Waals surface area contributed by atoms with Gasteiger partial charge in [0.25, 0.3) is 0 Å². The molecule has 1 N–H and O–H groups in total. The van der Waals surface area contributed by atoms with Crippen LogP contribution in [0.2, 0.25) is 0 Å². The zero-order chi connectivity index (χ0) is 12.5. The summed E-state index contributed by atoms with van der Waals surface area (Å²) in [6, 6.07) is 8.78. The predicted molar refractivity (Wildman–Crippen MR) is 77.4 cm³/mol. The van der Waals surface area contributed by atoms with Crippen LogP contribution in [0.3, 0.4) is 0 Å². The maximum absolute atomic E-state index is 3.38. The number of rotatable bonds is 3. The van der Waals surface area contributed by atoms with Crippen LogP contribution < -0.4 is 15.1 Å². The van der Waals surface area contributed by atoms with Crippen molar-refractivity contribution in [2.75, 3.05) is 49.6 Å². The summed E-state index contributed by atoms with van der Waals surface area (Å²) in [6.45, 7) is 8.28. The maximum Gasteiger partial charge on any atom is 0.0604 e. The van der Waals surface area contributed by atoms with E-state index < -0.39 is 0 Å². The first-order valence-corrected chi connectivity index (χ1v) is 7.01. The van der Waals surface area contributed by atoms with E-state index in [2.05, 4.69) is 53.4 Å². The van der Waals surface area contributed by atoms with Gasteiger partial charge in [-0.1, -0.05) is 19.1 Å². The summed E-state index contributed by atoms with van der Waals surface area (Å²) in [6.07, 6.45) is 0. The smallest absolute Gasteiger partial charge is 0.0604 e. The standard InChI is InChI=1S/C15H23N3/c1-12(13-9-16-10-13)11-18-8-7-17(2)14-5-3-4-6-15(14)18/h3-6,12-13,16H,7-11H2,1-2H3. The number of anilines is 2. The molecular weight excluding hydrogens is 222 g/mol. The number of nitrogens with zero attached hydrogens (tertiary/aromatic N) is 2. The fraction of sp³-hybridized carbons (Fsp3) is 0.600. The molecule has 3 heteroatoms. The predicted octanol–water partition coefficient (Wildman–Crippen LogP) is 1.80. The van der Waals surface area contributed by atoms with Crippen LogP contribution in [0.1, 0.15) is 6.92 Å². The molecular formula is C15H23N3. The van der Waals surface area contributed by atoms with Gasteiger partial charge in [0.15, 0.2) is 0 Å². The van der Waals surface area contributed by atoms with E-state index in [1.807, 2.05) is 0 Å². The van der Waals surface area contributed by atoms with E-state index in [4.69, 9.17) is 0 Å². The fourth-order valence-corrected chi connectivity index (χ4v) is 2.97. The lowest BCUT2D eigenvalue weighted by Gasteiger charge is -2.41. The largest absolute Gasteiger partial charge is 0.371 e. The minimum absolute atomic E-state index is 0.780. The first-order chi connectivity index (χ1) is 8.75. The van der Waals surface area contributed by atoms with E-state index >= 15 is 0 Å². The Kier molecular flexibility index (Phi) is 3.16. The number of likely N-dealkylation sites (N-methyl/N-ethyl adjacent to an activating group) is 1. The molecule has 0 saturated carbocycles. The first-order valence-electron chi connectivity index (χ1n) is 7.01. The van der Waals surface area contributed by atoms with Crippen molar-refractivity contribution < 1.29 is 0 Å². The molecule has 1 unspecified atom stereocenters. The third-order valence-electron chi connectivity index (χ3n) is 4.47. The minimum atomic E-state index is 0.780. The molecule has 1 saturated heterocycles. The van der Waals surface area contributed by atoms with Gasteiger partial charge < -0.3 is 15.1 Å². The monoisotopic (exact) mass is 245 g/mol. The summed E-state index contributed by atoms with van der Waals surface area (Å²) in [5.74, 6) is 1.65. The van der Waals surface area contributed by atoms with E-state index in [1.165, 1.54) is 31.0 Å². The van der Waals surface area contributed by atoms with Crippen molar-refractivity contribution in [3.05, 3.63) is 24.3 Å². The summed E-state index contributed by atoms with van der Waals surface area (Å²) in [4.78, 5) is 4.93. The highest BCUT2D eigenvalue weighted by Gasteiger charge is 2.27. The molecule has 2 heterocycles. The Morgan fingerprint density at radius 1 is 1.22 bits per heavy atom. The van der Waals surface area contributed by atoms with Crippen molar-refractivity contribution in [3.8, 4) is 0 Å². The van der Waals surface area contributed by atoms with Gasteiger partial charge in [-0.2, -0.15) is 0 Å². The van der Waals surface area contributed by atoms with Crippen LogP contribution in [-0.2, 0) is 0 Å². The second-order valence-corrected chi connectivity index (χ2v) is 5.75. The summed E-state index contributed by atoms with van der Waals surface area (Å²) >= 11 is 0. The second kappa shape index (κ2) is 4.81. The number of hydrogen-bond donors (Lipinski definition) is 1. The Bertz CT molecular complexity index is 414. The van der Waals surface area contributed by atoms with Gasteiger partial charge in [-0.05, 0) is 37.1 Å². The van der Waals surface area contributed by atoms with Crippen molar-refractivity contribution in [1.29, 1.82) is 0 Å². The van der Waals surface area contributed by atoms with Crippen LogP contribution in [0, 0.1) is 11.8 Å². The number of hydrogen-bond acceptors (Lipinski definition) is 3. The lowest BCUT2D eigenvalue weighted by Crippen LogP contribution is -2.49. The zero-order valence-corrected chi connectivity index (χ0v) is 11.4. The van der Waals surface area contributed by atoms with Crippen LogP contribution in [0.4, 0.5) is 11.4 Å². The van der Waals surface area contributed by atoms with Crippen molar-refractivity contribution in [3.63, 3.8) is 0 Å². The molecule has 98 valence electrons. The molecule has 0 bridgehead atoms. The van der Waals surface area contributed by atoms with Gasteiger partial charge in [-0.3, -0.25) is 0 Å². The van der Waals surface area contributed by atoms with Gasteiger partial charge in [0.05, 0.1) is 11.4 Å². The molecule has 1 atom stereocenters. The van der Waals surface area contributed by atoms with E-state index in [9.17, 15) is 0 Å². The van der Waals surface area contributed by atoms with Gasteiger partial charge in [0.1, 0.15) is 0 Å². The molecule has 2 aliphatic rings. The highest BCUT2D eigenvalue weighted by Crippen LogP contribution is 2.33. The van der Waals surface area contributed by atoms with Gasteiger partial charge in [0.2, 0.25) is 0 Å². The highest BCUT2D eigenvalue weighted by molar-refractivity contribution is 5.73. The summed E-state index contributed by atoms with van der Waals surface area (Å²) < 4.78 is 0. The van der Waals surface area contributed by atoms with Gasteiger partial charge in [-0.15, -0.1) is 0 Å². The third kappa shape index (κ3) is 2.07. The van der Waals surface area contributed by atoms with Crippen molar-refractivity contribution in [2.45, 2.75) is 6.92 Å². The lowest BCUT2D eigenvalue weighted by molar-refractivity contribution is 0.251. The molecule has 3 rings (SSSR count). The van der Waals surface area contributed by atoms with E-state index in [1.54, 1.807) is 0 Å². The molecule has 1 fully saturated rings. The Hall–Kier alpha value is -1.22. The van der Waals surface area contributed by atoms with Crippen LogP contribution in [0.25, 0.3) is 0 Å². The fourth-order valence-electron chi connectivity index (χ4n) is 2.97. The normalized spacial score (nSPS) is 21.4. The van der Waals surface area contributed by atoms with Crippen LogP contribution in [-0.4, -0.2) is 39.8 Å². The Morgan fingerprint density at radius 2 is 1.94 bits per heavy atom. The molecule has 3 nitrogen and oxygen atoms in total. The quantitative estimate of drug-likeness (QED) is 0.876. The Balaban J connectivity index is 1.75. The van der Waals surface area contributed by atoms with Gasteiger partial charge >= 0.3 is 0 Å². The molecule has 0 amide bonds. The maximum atomic E-state index is 3.38. The van der Waals surface area contributed by atoms with Crippen molar-refractivity contribution >= 4 is 11.4 Å². The number of para-hydroxylation sites is 2. The van der Waals surface area contributed by atoms with Gasteiger partial charge in [-0.25, -0.2) is 0 Å². The van der Waals surface area contributed by atoms with Crippen molar-refractivity contribution in [1.82, 2.24) is 5.32 Å². The number of fused-ring (bicyclic) bond motifs is 1. The van der Waals surface area contributed by atoms with Crippen LogP contribution in [0.5, 0.6) is 0 Å². The lowest BCUT2D eigenvalue weighted by atomic mass is 9.88. The summed E-state index contributed by atoms with van der Waals surface area (Å²) in [7, 11) is 2.19. The Morgan fingerprint density at radius 3 is 2.61 bits per heavy atom. The molecule has 1 aromatic carbocycles. The van der Waals surface area contributed by atoms with Crippen molar-refractivity contribution in [2.24, 2.45) is 11.8 Å². The number of nitrogens with one attached hydrogen (secondary N) is 1. The number of benzene rings is 1. The average molecular weight is 245 g/mol. The third-order valence-corrected chi connectivity index (χ3v) is 4.47. The Labute approximate surface area is 110 Å². The van der Waals surface area contributed by atoms with Gasteiger partial charge in [0, 0.05) is 26.7 Å². The molecule has 1 aromatic rings. The van der Waals surface area contributed by atoms with E-state index in [-0.39, 0.29) is 0 Å². The topological polar surface area (TPSA) is 18.5 Å². The molecule has 0 radical (unpaired) electrons. The minimum Gasteiger partial charge on any atom is -0.371 e. The second-order valence-electron chi connectivity index (χ2n) is 5.75. The highest BCUT2D eigenvalue weighted by atomic mass is 15.3. The molecule has 2 aliphatic heterocycles. The average Bonchev–Trinajstić information content (AvgIpc) is 2.31. The van der Waals surface area contributed by atoms with Crippen LogP contribution >= 0.6 is 0 Å². The van der Waals surface area contributed by atoms with E-state index in [0.717, 1.165) is 24.9 Å². The SMILES string of the molecule is CC(CN1CCN(C)c2ccccc21)C1CNC1. The molecule has 0 spiro atoms. The molecule has 0 aliphatic carbocycles. The molecule has 18 heavy (non-hydrogen) atoms. The summed E-state index contributed by atoms with van der Waals surface area (Å²) in [5.41, 5.74) is 2.79. The van der Waals surface area contributed by atoms with E-state index in [0.29, 0.717) is 0 Å². The molecule has 0 aromatic heterocycles. The zero-order valence-electron chi connectivity index (χ0n) is 11.4.